The van der Waals surface area contributed by atoms with Gasteiger partial charge >= 0.3 is 0 Å². The lowest BCUT2D eigenvalue weighted by molar-refractivity contribution is 0.601. The SMILES string of the molecule is O=S(=O)(Nc1cccc(I)c1)c1c[nH]c(CNC2CC2)c1. The van der Waals surface area contributed by atoms with Crippen LogP contribution in [0.15, 0.2) is 41.4 Å². The zero-order valence-electron chi connectivity index (χ0n) is 11.3. The number of aromatic amines is 1. The lowest BCUT2D eigenvalue weighted by atomic mass is 10.3. The molecule has 2 aromatic rings. The number of sulfonamides is 1. The second kappa shape index (κ2) is 5.98. The first-order valence-corrected chi connectivity index (χ1v) is 9.28. The molecule has 1 aliphatic rings. The summed E-state index contributed by atoms with van der Waals surface area (Å²) in [6.45, 7) is 0.670. The molecule has 0 atom stereocenters. The Balaban J connectivity index is 1.71. The van der Waals surface area contributed by atoms with Crippen LogP contribution >= 0.6 is 22.6 Å². The van der Waals surface area contributed by atoms with Gasteiger partial charge in [-0.3, -0.25) is 4.72 Å². The van der Waals surface area contributed by atoms with Gasteiger partial charge < -0.3 is 10.3 Å². The molecule has 0 radical (unpaired) electrons. The number of benzene rings is 1. The molecule has 5 nitrogen and oxygen atoms in total. The Morgan fingerprint density at radius 2 is 2.10 bits per heavy atom. The second-order valence-corrected chi connectivity index (χ2v) is 8.06. The number of aromatic nitrogens is 1. The van der Waals surface area contributed by atoms with Crippen molar-refractivity contribution >= 4 is 38.3 Å². The van der Waals surface area contributed by atoms with Crippen molar-refractivity contribution in [1.82, 2.24) is 10.3 Å². The maximum atomic E-state index is 12.3. The van der Waals surface area contributed by atoms with Crippen molar-refractivity contribution in [3.05, 3.63) is 45.8 Å². The minimum Gasteiger partial charge on any atom is -0.363 e. The standard InChI is InChI=1S/C14H16IN3O2S/c15-10-2-1-3-12(6-10)18-21(19,20)14-7-13(17-9-14)8-16-11-4-5-11/h1-3,6-7,9,11,16-18H,4-5,8H2. The molecule has 1 fully saturated rings. The van der Waals surface area contributed by atoms with Gasteiger partial charge in [-0.25, -0.2) is 8.42 Å². The average Bonchev–Trinajstić information content (AvgIpc) is 3.12. The van der Waals surface area contributed by atoms with Gasteiger partial charge in [0.25, 0.3) is 10.0 Å². The summed E-state index contributed by atoms with van der Waals surface area (Å²) < 4.78 is 28.2. The highest BCUT2D eigenvalue weighted by Gasteiger charge is 2.21. The minimum absolute atomic E-state index is 0.258. The van der Waals surface area contributed by atoms with Gasteiger partial charge in [0.05, 0.1) is 0 Å². The summed E-state index contributed by atoms with van der Waals surface area (Å²) in [5, 5.41) is 3.35. The smallest absolute Gasteiger partial charge is 0.263 e. The van der Waals surface area contributed by atoms with Gasteiger partial charge in [-0.15, -0.1) is 0 Å². The zero-order valence-corrected chi connectivity index (χ0v) is 14.2. The highest BCUT2D eigenvalue weighted by atomic mass is 127. The Labute approximate surface area is 137 Å². The molecule has 1 saturated carbocycles. The van der Waals surface area contributed by atoms with Crippen LogP contribution in [0.2, 0.25) is 0 Å². The van der Waals surface area contributed by atoms with Crippen LogP contribution in [-0.4, -0.2) is 19.4 Å². The number of anilines is 1. The normalized spacial score (nSPS) is 15.1. The number of hydrogen-bond acceptors (Lipinski definition) is 3. The maximum absolute atomic E-state index is 12.3. The fraction of sp³-hybridized carbons (Fsp3) is 0.286. The molecule has 21 heavy (non-hydrogen) atoms. The van der Waals surface area contributed by atoms with Gasteiger partial charge in [0.2, 0.25) is 0 Å². The van der Waals surface area contributed by atoms with Crippen molar-refractivity contribution in [2.75, 3.05) is 4.72 Å². The van der Waals surface area contributed by atoms with E-state index in [4.69, 9.17) is 0 Å². The number of nitrogens with one attached hydrogen (secondary N) is 3. The molecular weight excluding hydrogens is 401 g/mol. The van der Waals surface area contributed by atoms with Crippen LogP contribution in [-0.2, 0) is 16.6 Å². The average molecular weight is 417 g/mol. The molecule has 0 saturated heterocycles. The van der Waals surface area contributed by atoms with Gasteiger partial charge in [-0.2, -0.15) is 0 Å². The summed E-state index contributed by atoms with van der Waals surface area (Å²) >= 11 is 2.15. The van der Waals surface area contributed by atoms with Gasteiger partial charge in [-0.05, 0) is 59.7 Å². The molecule has 3 N–H and O–H groups in total. The molecule has 112 valence electrons. The Morgan fingerprint density at radius 3 is 2.81 bits per heavy atom. The third kappa shape index (κ3) is 3.98. The van der Waals surface area contributed by atoms with Crippen LogP contribution in [0.5, 0.6) is 0 Å². The maximum Gasteiger partial charge on any atom is 0.263 e. The highest BCUT2D eigenvalue weighted by Crippen LogP contribution is 2.21. The summed E-state index contributed by atoms with van der Waals surface area (Å²) in [6.07, 6.45) is 3.94. The Bertz CT molecular complexity index is 738. The van der Waals surface area contributed by atoms with E-state index < -0.39 is 10.0 Å². The topological polar surface area (TPSA) is 74.0 Å². The molecule has 3 rings (SSSR count). The summed E-state index contributed by atoms with van der Waals surface area (Å²) in [5.41, 5.74) is 1.45. The minimum atomic E-state index is -3.54. The Hall–Kier alpha value is -1.06. The predicted molar refractivity (Wildman–Crippen MR) is 90.6 cm³/mol. The van der Waals surface area contributed by atoms with Crippen molar-refractivity contribution in [3.8, 4) is 0 Å². The molecule has 7 heteroatoms. The van der Waals surface area contributed by atoms with Gasteiger partial charge in [0, 0.05) is 33.7 Å². The third-order valence-corrected chi connectivity index (χ3v) is 5.29. The third-order valence-electron chi connectivity index (χ3n) is 3.26. The molecule has 1 aliphatic carbocycles. The quantitative estimate of drug-likeness (QED) is 0.633. The first-order valence-electron chi connectivity index (χ1n) is 6.72. The van der Waals surface area contributed by atoms with Crippen LogP contribution < -0.4 is 10.0 Å². The number of halogens is 1. The number of rotatable bonds is 6. The largest absolute Gasteiger partial charge is 0.363 e. The molecule has 0 bridgehead atoms. The van der Waals surface area contributed by atoms with Crippen molar-refractivity contribution < 1.29 is 8.42 Å². The fourth-order valence-electron chi connectivity index (χ4n) is 1.98. The summed E-state index contributed by atoms with van der Waals surface area (Å²) in [5.74, 6) is 0. The van der Waals surface area contributed by atoms with Crippen LogP contribution in [0, 0.1) is 3.57 Å². The van der Waals surface area contributed by atoms with E-state index in [1.807, 2.05) is 12.1 Å². The van der Waals surface area contributed by atoms with Crippen molar-refractivity contribution in [2.45, 2.75) is 30.3 Å². The Kier molecular flexibility index (Phi) is 4.23. The van der Waals surface area contributed by atoms with E-state index >= 15 is 0 Å². The summed E-state index contributed by atoms with van der Waals surface area (Å²) in [4.78, 5) is 3.27. The fourth-order valence-corrected chi connectivity index (χ4v) is 3.59. The second-order valence-electron chi connectivity index (χ2n) is 5.13. The zero-order chi connectivity index (χ0) is 14.9. The molecule has 1 aromatic carbocycles. The van der Waals surface area contributed by atoms with E-state index in [2.05, 4.69) is 37.6 Å². The van der Waals surface area contributed by atoms with E-state index in [0.717, 1.165) is 9.26 Å². The lowest BCUT2D eigenvalue weighted by Gasteiger charge is -2.06. The van der Waals surface area contributed by atoms with E-state index in [0.29, 0.717) is 18.3 Å². The molecule has 1 aromatic heterocycles. The van der Waals surface area contributed by atoms with Crippen molar-refractivity contribution in [1.29, 1.82) is 0 Å². The van der Waals surface area contributed by atoms with E-state index in [1.54, 1.807) is 18.2 Å². The first kappa shape index (κ1) is 14.9. The molecule has 0 spiro atoms. The van der Waals surface area contributed by atoms with E-state index in [9.17, 15) is 8.42 Å². The molecule has 0 amide bonds. The van der Waals surface area contributed by atoms with E-state index in [1.165, 1.54) is 19.0 Å². The highest BCUT2D eigenvalue weighted by molar-refractivity contribution is 14.1. The van der Waals surface area contributed by atoms with Gasteiger partial charge in [0.15, 0.2) is 0 Å². The molecule has 0 aliphatic heterocycles. The van der Waals surface area contributed by atoms with Crippen molar-refractivity contribution in [3.63, 3.8) is 0 Å². The molecular formula is C14H16IN3O2S. The summed E-state index contributed by atoms with van der Waals surface area (Å²) in [6, 6.07) is 9.53. The number of hydrogen-bond donors (Lipinski definition) is 3. The van der Waals surface area contributed by atoms with E-state index in [-0.39, 0.29) is 4.90 Å². The number of H-pyrrole nitrogens is 1. The predicted octanol–water partition coefficient (Wildman–Crippen LogP) is 2.67. The van der Waals surface area contributed by atoms with Crippen LogP contribution in [0.4, 0.5) is 5.69 Å². The lowest BCUT2D eigenvalue weighted by Crippen LogP contribution is -2.15. The summed E-state index contributed by atoms with van der Waals surface area (Å²) in [7, 11) is -3.54. The Morgan fingerprint density at radius 1 is 1.29 bits per heavy atom. The molecule has 1 heterocycles. The first-order chi connectivity index (χ1) is 10.0. The van der Waals surface area contributed by atoms with Crippen molar-refractivity contribution in [2.24, 2.45) is 0 Å². The van der Waals surface area contributed by atoms with Crippen LogP contribution in [0.25, 0.3) is 0 Å². The van der Waals surface area contributed by atoms with Gasteiger partial charge in [-0.1, -0.05) is 6.07 Å². The molecule has 0 unspecified atom stereocenters. The van der Waals surface area contributed by atoms with Crippen LogP contribution in [0.3, 0.4) is 0 Å². The van der Waals surface area contributed by atoms with Crippen LogP contribution in [0.1, 0.15) is 18.5 Å². The van der Waals surface area contributed by atoms with Gasteiger partial charge in [0.1, 0.15) is 4.90 Å². The monoisotopic (exact) mass is 417 g/mol.